The third-order valence-electron chi connectivity index (χ3n) is 4.15. The van der Waals surface area contributed by atoms with Gasteiger partial charge in [-0.1, -0.05) is 48.5 Å². The predicted molar refractivity (Wildman–Crippen MR) is 112 cm³/mol. The lowest BCUT2D eigenvalue weighted by atomic mass is 10.1. The quantitative estimate of drug-likeness (QED) is 0.373. The summed E-state index contributed by atoms with van der Waals surface area (Å²) < 4.78 is 5.89. The van der Waals surface area contributed by atoms with E-state index in [0.29, 0.717) is 6.61 Å². The molecule has 0 radical (unpaired) electrons. The highest BCUT2D eigenvalue weighted by Gasteiger charge is 2.26. The summed E-state index contributed by atoms with van der Waals surface area (Å²) in [6.45, 7) is 10.5. The van der Waals surface area contributed by atoms with Crippen LogP contribution in [0.5, 0.6) is 5.75 Å². The van der Waals surface area contributed by atoms with Crippen LogP contribution in [-0.4, -0.2) is 31.0 Å². The van der Waals surface area contributed by atoms with Gasteiger partial charge in [-0.25, -0.2) is 0 Å². The Bertz CT molecular complexity index is 848. The highest BCUT2D eigenvalue weighted by molar-refractivity contribution is 6.24. The van der Waals surface area contributed by atoms with Gasteiger partial charge in [0.1, 0.15) is 23.7 Å². The Hall–Kier alpha value is -2.59. The first-order chi connectivity index (χ1) is 13.0. The van der Waals surface area contributed by atoms with E-state index in [4.69, 9.17) is 9.57 Å². The molecule has 4 heteroatoms. The second-order valence-electron chi connectivity index (χ2n) is 7.49. The largest absolute Gasteiger partial charge is 0.490 e. The molecule has 0 atom stereocenters. The first kappa shape index (κ1) is 19.2. The smallest absolute Gasteiger partial charge is 0.129 e. The van der Waals surface area contributed by atoms with Gasteiger partial charge in [-0.15, -0.1) is 0 Å². The van der Waals surface area contributed by atoms with Crippen molar-refractivity contribution in [2.45, 2.75) is 33.3 Å². The maximum absolute atomic E-state index is 5.89. The SMILES string of the molecule is CCNC/C=C\COc1ccc2c(c1)/C(=N\OC(C)(C)C)c1ccccc1-2. The zero-order chi connectivity index (χ0) is 19.3. The summed E-state index contributed by atoms with van der Waals surface area (Å²) in [4.78, 5) is 5.73. The number of benzene rings is 2. The molecule has 0 saturated carbocycles. The van der Waals surface area contributed by atoms with Gasteiger partial charge < -0.3 is 14.9 Å². The van der Waals surface area contributed by atoms with E-state index in [2.05, 4.69) is 53.8 Å². The Kier molecular flexibility index (Phi) is 5.97. The van der Waals surface area contributed by atoms with E-state index in [1.165, 1.54) is 5.56 Å². The molecule has 1 N–H and O–H groups in total. The summed E-state index contributed by atoms with van der Waals surface area (Å²) in [5, 5.41) is 7.74. The molecule has 1 aliphatic carbocycles. The summed E-state index contributed by atoms with van der Waals surface area (Å²) in [7, 11) is 0. The predicted octanol–water partition coefficient (Wildman–Crippen LogP) is 4.78. The van der Waals surface area contributed by atoms with E-state index in [-0.39, 0.29) is 5.60 Å². The maximum Gasteiger partial charge on any atom is 0.129 e. The number of nitrogens with one attached hydrogen (secondary N) is 1. The standard InChI is InChI=1S/C23H28N2O2/c1-5-24-14-8-9-15-26-17-12-13-19-18-10-6-7-11-20(18)22(21(19)16-17)25-27-23(2,3)4/h6-13,16,24H,5,14-15H2,1-4H3/b9-8-,25-22-. The van der Waals surface area contributed by atoms with Crippen molar-refractivity contribution in [1.82, 2.24) is 5.32 Å². The van der Waals surface area contributed by atoms with Gasteiger partial charge in [0.2, 0.25) is 0 Å². The topological polar surface area (TPSA) is 42.8 Å². The third kappa shape index (κ3) is 4.77. The zero-order valence-corrected chi connectivity index (χ0v) is 16.6. The summed E-state index contributed by atoms with van der Waals surface area (Å²) >= 11 is 0. The summed E-state index contributed by atoms with van der Waals surface area (Å²) in [6.07, 6.45) is 4.11. The van der Waals surface area contributed by atoms with Crippen molar-refractivity contribution < 1.29 is 9.57 Å². The monoisotopic (exact) mass is 364 g/mol. The van der Waals surface area contributed by atoms with Crippen molar-refractivity contribution in [3.63, 3.8) is 0 Å². The molecule has 0 spiro atoms. The van der Waals surface area contributed by atoms with E-state index in [1.54, 1.807) is 0 Å². The van der Waals surface area contributed by atoms with E-state index in [9.17, 15) is 0 Å². The van der Waals surface area contributed by atoms with Gasteiger partial charge >= 0.3 is 0 Å². The van der Waals surface area contributed by atoms with Crippen LogP contribution in [0.25, 0.3) is 11.1 Å². The van der Waals surface area contributed by atoms with Crippen LogP contribution in [-0.2, 0) is 4.84 Å². The first-order valence-electron chi connectivity index (χ1n) is 9.48. The molecule has 0 aromatic heterocycles. The van der Waals surface area contributed by atoms with Gasteiger partial charge in [0.25, 0.3) is 0 Å². The highest BCUT2D eigenvalue weighted by Crippen LogP contribution is 2.39. The average molecular weight is 364 g/mol. The van der Waals surface area contributed by atoms with Crippen LogP contribution in [0.3, 0.4) is 0 Å². The molecule has 4 nitrogen and oxygen atoms in total. The lowest BCUT2D eigenvalue weighted by Gasteiger charge is -2.16. The van der Waals surface area contributed by atoms with Gasteiger partial charge in [-0.2, -0.15) is 0 Å². The van der Waals surface area contributed by atoms with Crippen LogP contribution in [0.2, 0.25) is 0 Å². The Labute approximate surface area is 161 Å². The lowest BCUT2D eigenvalue weighted by Crippen LogP contribution is -2.17. The minimum absolute atomic E-state index is 0.337. The summed E-state index contributed by atoms with van der Waals surface area (Å²) in [6, 6.07) is 14.5. The zero-order valence-electron chi connectivity index (χ0n) is 16.6. The Balaban J connectivity index is 1.83. The summed E-state index contributed by atoms with van der Waals surface area (Å²) in [5.74, 6) is 0.832. The Morgan fingerprint density at radius 1 is 0.963 bits per heavy atom. The van der Waals surface area contributed by atoms with Crippen molar-refractivity contribution >= 4 is 5.71 Å². The van der Waals surface area contributed by atoms with Crippen molar-refractivity contribution in [3.05, 3.63) is 65.7 Å². The van der Waals surface area contributed by atoms with Gasteiger partial charge in [0.05, 0.1) is 0 Å². The average Bonchev–Trinajstić information content (AvgIpc) is 2.95. The number of likely N-dealkylation sites (N-methyl/N-ethyl adjacent to an activating group) is 1. The minimum Gasteiger partial charge on any atom is -0.490 e. The van der Waals surface area contributed by atoms with Crippen molar-refractivity contribution in [2.75, 3.05) is 19.7 Å². The van der Waals surface area contributed by atoms with Crippen LogP contribution in [0.4, 0.5) is 0 Å². The normalized spacial score (nSPS) is 14.4. The molecule has 142 valence electrons. The van der Waals surface area contributed by atoms with Crippen LogP contribution in [0.1, 0.15) is 38.8 Å². The van der Waals surface area contributed by atoms with Gasteiger partial charge in [0.15, 0.2) is 0 Å². The number of ether oxygens (including phenoxy) is 1. The molecule has 0 aliphatic heterocycles. The molecule has 2 aromatic rings. The summed E-state index contributed by atoms with van der Waals surface area (Å²) in [5.41, 5.74) is 5.02. The van der Waals surface area contributed by atoms with Crippen LogP contribution in [0, 0.1) is 0 Å². The second kappa shape index (κ2) is 8.40. The number of nitrogens with zero attached hydrogens (tertiary/aromatic N) is 1. The molecule has 1 aliphatic rings. The molecule has 3 rings (SSSR count). The van der Waals surface area contributed by atoms with Gasteiger partial charge in [0, 0.05) is 17.7 Å². The van der Waals surface area contributed by atoms with Gasteiger partial charge in [-0.05, 0) is 56.6 Å². The van der Waals surface area contributed by atoms with E-state index in [0.717, 1.165) is 41.2 Å². The fourth-order valence-corrected chi connectivity index (χ4v) is 2.92. The Morgan fingerprint density at radius 2 is 1.70 bits per heavy atom. The molecule has 0 amide bonds. The van der Waals surface area contributed by atoms with Crippen LogP contribution in [0.15, 0.2) is 59.8 Å². The molecule has 0 heterocycles. The molecule has 27 heavy (non-hydrogen) atoms. The van der Waals surface area contributed by atoms with Crippen molar-refractivity contribution in [3.8, 4) is 16.9 Å². The molecule has 0 fully saturated rings. The Morgan fingerprint density at radius 3 is 2.44 bits per heavy atom. The van der Waals surface area contributed by atoms with E-state index in [1.807, 2.05) is 39.0 Å². The second-order valence-corrected chi connectivity index (χ2v) is 7.49. The number of oxime groups is 1. The third-order valence-corrected chi connectivity index (χ3v) is 4.15. The number of hydrogen-bond donors (Lipinski definition) is 1. The number of hydrogen-bond acceptors (Lipinski definition) is 4. The van der Waals surface area contributed by atoms with Crippen molar-refractivity contribution in [1.29, 1.82) is 0 Å². The molecular weight excluding hydrogens is 336 g/mol. The van der Waals surface area contributed by atoms with Crippen molar-refractivity contribution in [2.24, 2.45) is 5.16 Å². The van der Waals surface area contributed by atoms with E-state index < -0.39 is 0 Å². The van der Waals surface area contributed by atoms with E-state index >= 15 is 0 Å². The fourth-order valence-electron chi connectivity index (χ4n) is 2.92. The molecule has 0 unspecified atom stereocenters. The number of rotatable bonds is 7. The van der Waals surface area contributed by atoms with Crippen LogP contribution < -0.4 is 10.1 Å². The lowest BCUT2D eigenvalue weighted by molar-refractivity contribution is 0.00121. The van der Waals surface area contributed by atoms with Gasteiger partial charge in [-0.3, -0.25) is 0 Å². The molecule has 0 bridgehead atoms. The first-order valence-corrected chi connectivity index (χ1v) is 9.48. The minimum atomic E-state index is -0.337. The highest BCUT2D eigenvalue weighted by atomic mass is 16.6. The van der Waals surface area contributed by atoms with Crippen LogP contribution >= 0.6 is 0 Å². The number of fused-ring (bicyclic) bond motifs is 3. The maximum atomic E-state index is 5.89. The molecule has 0 saturated heterocycles. The molecular formula is C23H28N2O2. The fraction of sp³-hybridized carbons (Fsp3) is 0.348. The molecule has 2 aromatic carbocycles.